The first-order chi connectivity index (χ1) is 10.0. The molecular formula is C15H14Cl3NO2. The molecule has 0 saturated heterocycles. The minimum absolute atomic E-state index is 0.144. The normalized spacial score (nSPS) is 12.0. The number of hydrogen-bond donors (Lipinski definition) is 2. The minimum Gasteiger partial charge on any atom is -0.491 e. The van der Waals surface area contributed by atoms with Crippen molar-refractivity contribution in [2.24, 2.45) is 0 Å². The van der Waals surface area contributed by atoms with Gasteiger partial charge >= 0.3 is 0 Å². The Morgan fingerprint density at radius 2 is 1.86 bits per heavy atom. The van der Waals surface area contributed by atoms with E-state index in [9.17, 15) is 5.11 Å². The summed E-state index contributed by atoms with van der Waals surface area (Å²) in [5.74, 6) is 0.561. The Labute approximate surface area is 138 Å². The highest BCUT2D eigenvalue weighted by molar-refractivity contribution is 6.42. The fourth-order valence-corrected chi connectivity index (χ4v) is 2.13. The number of benzene rings is 2. The van der Waals surface area contributed by atoms with Crippen molar-refractivity contribution in [3.8, 4) is 5.75 Å². The van der Waals surface area contributed by atoms with Crippen molar-refractivity contribution < 1.29 is 9.84 Å². The number of aliphatic hydroxyl groups is 1. The predicted octanol–water partition coefficient (Wildman–Crippen LogP) is 4.50. The van der Waals surface area contributed by atoms with Gasteiger partial charge in [-0.2, -0.15) is 0 Å². The smallest absolute Gasteiger partial charge is 0.121 e. The molecule has 3 nitrogen and oxygen atoms in total. The molecule has 0 saturated carbocycles. The van der Waals surface area contributed by atoms with Gasteiger partial charge in [0.15, 0.2) is 0 Å². The van der Waals surface area contributed by atoms with Crippen LogP contribution in [-0.4, -0.2) is 24.4 Å². The highest BCUT2D eigenvalue weighted by Crippen LogP contribution is 2.26. The summed E-state index contributed by atoms with van der Waals surface area (Å²) in [5, 5.41) is 14.5. The Morgan fingerprint density at radius 3 is 2.57 bits per heavy atom. The van der Waals surface area contributed by atoms with Crippen LogP contribution >= 0.6 is 34.8 Å². The number of nitrogens with one attached hydrogen (secondary N) is 1. The Balaban J connectivity index is 1.79. The maximum absolute atomic E-state index is 9.89. The molecular weight excluding hydrogens is 333 g/mol. The highest BCUT2D eigenvalue weighted by atomic mass is 35.5. The molecule has 0 aliphatic carbocycles. The van der Waals surface area contributed by atoms with Crippen LogP contribution in [-0.2, 0) is 0 Å². The van der Waals surface area contributed by atoms with Crippen LogP contribution in [0.15, 0.2) is 42.5 Å². The predicted molar refractivity (Wildman–Crippen MR) is 87.9 cm³/mol. The Morgan fingerprint density at radius 1 is 1.05 bits per heavy atom. The van der Waals surface area contributed by atoms with E-state index in [1.165, 1.54) is 0 Å². The van der Waals surface area contributed by atoms with Crippen LogP contribution in [0.4, 0.5) is 5.69 Å². The maximum Gasteiger partial charge on any atom is 0.121 e. The van der Waals surface area contributed by atoms with Gasteiger partial charge in [-0.3, -0.25) is 0 Å². The molecule has 1 unspecified atom stereocenters. The zero-order valence-corrected chi connectivity index (χ0v) is 13.3. The molecule has 0 bridgehead atoms. The average molecular weight is 347 g/mol. The lowest BCUT2D eigenvalue weighted by Gasteiger charge is -2.14. The number of ether oxygens (including phenoxy) is 1. The molecule has 21 heavy (non-hydrogen) atoms. The summed E-state index contributed by atoms with van der Waals surface area (Å²) in [4.78, 5) is 0. The van der Waals surface area contributed by atoms with Crippen LogP contribution in [0.1, 0.15) is 0 Å². The molecule has 2 N–H and O–H groups in total. The molecule has 2 aromatic rings. The van der Waals surface area contributed by atoms with E-state index in [0.717, 1.165) is 5.69 Å². The van der Waals surface area contributed by atoms with Gasteiger partial charge in [0.1, 0.15) is 18.5 Å². The van der Waals surface area contributed by atoms with Gasteiger partial charge in [0, 0.05) is 23.3 Å². The van der Waals surface area contributed by atoms with E-state index in [2.05, 4.69) is 5.32 Å². The molecule has 0 aromatic heterocycles. The van der Waals surface area contributed by atoms with Crippen molar-refractivity contribution in [3.05, 3.63) is 57.5 Å². The summed E-state index contributed by atoms with van der Waals surface area (Å²) in [5.41, 5.74) is 0.844. The van der Waals surface area contributed by atoms with Gasteiger partial charge in [-0.1, -0.05) is 40.9 Å². The van der Waals surface area contributed by atoms with Crippen LogP contribution in [0, 0.1) is 0 Å². The second-order valence-corrected chi connectivity index (χ2v) is 5.68. The van der Waals surface area contributed by atoms with Gasteiger partial charge in [-0.05, 0) is 30.3 Å². The van der Waals surface area contributed by atoms with Crippen LogP contribution in [0.25, 0.3) is 0 Å². The standard InChI is InChI=1S/C15H14Cl3NO2/c16-10-2-1-3-11(6-10)19-8-12(20)9-21-13-4-5-14(17)15(18)7-13/h1-7,12,19-20H,8-9H2. The lowest BCUT2D eigenvalue weighted by molar-refractivity contribution is 0.117. The Bertz CT molecular complexity index is 607. The third kappa shape index (κ3) is 5.29. The average Bonchev–Trinajstić information content (AvgIpc) is 2.46. The summed E-state index contributed by atoms with van der Waals surface area (Å²) < 4.78 is 5.46. The van der Waals surface area contributed by atoms with Crippen molar-refractivity contribution in [2.45, 2.75) is 6.10 Å². The number of anilines is 1. The summed E-state index contributed by atoms with van der Waals surface area (Å²) >= 11 is 17.6. The SMILES string of the molecule is OC(CNc1cccc(Cl)c1)COc1ccc(Cl)c(Cl)c1. The van der Waals surface area contributed by atoms with E-state index in [4.69, 9.17) is 39.5 Å². The minimum atomic E-state index is -0.668. The molecule has 112 valence electrons. The summed E-state index contributed by atoms with van der Waals surface area (Å²) in [6, 6.07) is 12.2. The topological polar surface area (TPSA) is 41.5 Å². The number of aliphatic hydroxyl groups excluding tert-OH is 1. The van der Waals surface area contributed by atoms with E-state index < -0.39 is 6.10 Å². The lowest BCUT2D eigenvalue weighted by Crippen LogP contribution is -2.26. The summed E-state index contributed by atoms with van der Waals surface area (Å²) in [6.07, 6.45) is -0.668. The second kappa shape index (κ2) is 7.76. The van der Waals surface area contributed by atoms with E-state index in [0.29, 0.717) is 27.4 Å². The zero-order valence-electron chi connectivity index (χ0n) is 11.0. The maximum atomic E-state index is 9.89. The van der Waals surface area contributed by atoms with Gasteiger partial charge in [-0.25, -0.2) is 0 Å². The molecule has 0 aliphatic heterocycles. The fraction of sp³-hybridized carbons (Fsp3) is 0.200. The third-order valence-electron chi connectivity index (χ3n) is 2.70. The number of rotatable bonds is 6. The first-order valence-corrected chi connectivity index (χ1v) is 7.43. The van der Waals surface area contributed by atoms with Gasteiger partial charge in [-0.15, -0.1) is 0 Å². The molecule has 0 fully saturated rings. The van der Waals surface area contributed by atoms with Crippen molar-refractivity contribution in [1.82, 2.24) is 0 Å². The quantitative estimate of drug-likeness (QED) is 0.809. The van der Waals surface area contributed by atoms with Gasteiger partial charge in [0.2, 0.25) is 0 Å². The first-order valence-electron chi connectivity index (χ1n) is 6.30. The molecule has 2 rings (SSSR count). The molecule has 0 amide bonds. The highest BCUT2D eigenvalue weighted by Gasteiger charge is 2.07. The van der Waals surface area contributed by atoms with Crippen LogP contribution in [0.2, 0.25) is 15.1 Å². The van der Waals surface area contributed by atoms with Crippen LogP contribution in [0.5, 0.6) is 5.75 Å². The molecule has 0 aliphatic rings. The van der Waals surface area contributed by atoms with Gasteiger partial charge < -0.3 is 15.2 Å². The van der Waals surface area contributed by atoms with E-state index in [1.807, 2.05) is 12.1 Å². The van der Waals surface area contributed by atoms with Gasteiger partial charge in [0.25, 0.3) is 0 Å². The first kappa shape index (κ1) is 16.2. The molecule has 0 radical (unpaired) electrons. The molecule has 0 spiro atoms. The van der Waals surface area contributed by atoms with Crippen LogP contribution < -0.4 is 10.1 Å². The zero-order chi connectivity index (χ0) is 15.2. The van der Waals surface area contributed by atoms with Crippen molar-refractivity contribution in [1.29, 1.82) is 0 Å². The second-order valence-electron chi connectivity index (χ2n) is 4.43. The molecule has 1 atom stereocenters. The molecule has 2 aromatic carbocycles. The monoisotopic (exact) mass is 345 g/mol. The van der Waals surface area contributed by atoms with E-state index in [-0.39, 0.29) is 6.61 Å². The summed E-state index contributed by atoms with van der Waals surface area (Å²) in [6.45, 7) is 0.493. The third-order valence-corrected chi connectivity index (χ3v) is 3.67. The summed E-state index contributed by atoms with van der Waals surface area (Å²) in [7, 11) is 0. The lowest BCUT2D eigenvalue weighted by atomic mass is 10.3. The van der Waals surface area contributed by atoms with Crippen LogP contribution in [0.3, 0.4) is 0 Å². The van der Waals surface area contributed by atoms with Crippen molar-refractivity contribution >= 4 is 40.5 Å². The van der Waals surface area contributed by atoms with E-state index in [1.54, 1.807) is 30.3 Å². The van der Waals surface area contributed by atoms with Crippen molar-refractivity contribution in [2.75, 3.05) is 18.5 Å². The molecule has 0 heterocycles. The number of hydrogen-bond acceptors (Lipinski definition) is 3. The largest absolute Gasteiger partial charge is 0.491 e. The fourth-order valence-electron chi connectivity index (χ4n) is 1.65. The Hall–Kier alpha value is -1.13. The Kier molecular flexibility index (Phi) is 6.00. The van der Waals surface area contributed by atoms with Gasteiger partial charge in [0.05, 0.1) is 10.0 Å². The number of halogens is 3. The van der Waals surface area contributed by atoms with Crippen molar-refractivity contribution in [3.63, 3.8) is 0 Å². The van der Waals surface area contributed by atoms with E-state index >= 15 is 0 Å². The molecule has 6 heteroatoms.